The molecule has 5 amide bonds. The van der Waals surface area contributed by atoms with Crippen molar-refractivity contribution in [2.75, 3.05) is 130 Å². The van der Waals surface area contributed by atoms with E-state index in [4.69, 9.17) is 77.3 Å². The van der Waals surface area contributed by atoms with Crippen LogP contribution in [-0.2, 0) is 132 Å². The molecule has 127 heavy (non-hydrogen) atoms. The molecule has 684 valence electrons. The summed E-state index contributed by atoms with van der Waals surface area (Å²) >= 11 is 9.66. The highest BCUT2D eigenvalue weighted by atomic mass is 32.7. The minimum absolute atomic E-state index is 0.0376. The molecule has 7 aromatic rings. The molecule has 4 aromatic carbocycles. The molecule has 0 radical (unpaired) electrons. The number of imidazole rings is 1. The molecule has 3 fully saturated rings. The standard InChI is InChI=1S/C86H107N11O26P2S2/c1-55(2)69(46-66(99)44-63(80(103)88-28-29-111-32-33-113-36-37-115-40-41-116-39-38-114-35-34-112-31-30-110-5)43-65(98)24-25-75(101)96-49-61-14-7-6-12-59(61)22-23-60-13-9-11-17-70(60)96)82(105)91-56(3)71(100)42-57-18-20-58(21-19-57)50-117-86(107)95(4)48-62-15-8-10-16-68(62)81(104)93-85-92-79-76(83(106)94-85)90-54-97(79)84-78-77(102)73(121-84)52-119-124(108,126)122-72-47-67(120-74-26-27-87-53-89-74)45-64(72)51-118-125(109,127)123-78/h6-21,26-27,53-56,63-64,67,69,72-73,77-78,84,102H,24-25,28-52H2,1-5H3,(H,88,103)(H,91,105)(H,108,126)(H,109,127)(H2,92,93,94,104,106)/t56-,63-,64+,67+,69-,72-,73+,77+,78+,84+,124?,125?/m0/s1. The second-order valence-electron chi connectivity index (χ2n) is 30.9. The lowest BCUT2D eigenvalue weighted by Crippen LogP contribution is -2.44. The Morgan fingerprint density at radius 2 is 1.38 bits per heavy atom. The Labute approximate surface area is 744 Å². The fourth-order valence-corrected chi connectivity index (χ4v) is 17.4. The number of nitrogens with one attached hydrogen (secondary N) is 4. The summed E-state index contributed by atoms with van der Waals surface area (Å²) in [6.45, 7) is 0.454. The summed E-state index contributed by atoms with van der Waals surface area (Å²) in [6.07, 6.45) is -5.21. The van der Waals surface area contributed by atoms with Gasteiger partial charge in [0.25, 0.3) is 11.5 Å². The van der Waals surface area contributed by atoms with Gasteiger partial charge >= 0.3 is 19.6 Å². The fourth-order valence-electron chi connectivity index (χ4n) is 14.4. The maximum Gasteiger partial charge on any atom is 0.410 e. The average molecular weight is 1840 g/mol. The lowest BCUT2D eigenvalue weighted by molar-refractivity contribution is -0.135. The molecule has 12 atom stereocenters. The van der Waals surface area contributed by atoms with E-state index in [9.17, 15) is 57.7 Å². The number of nitrogens with zero attached hydrogens (tertiary/aromatic N) is 7. The van der Waals surface area contributed by atoms with Crippen molar-refractivity contribution in [1.29, 1.82) is 0 Å². The van der Waals surface area contributed by atoms with Crippen molar-refractivity contribution in [3.8, 4) is 17.7 Å². The zero-order valence-corrected chi connectivity index (χ0v) is 74.6. The normalized spacial score (nSPS) is 21.0. The summed E-state index contributed by atoms with van der Waals surface area (Å²) in [6, 6.07) is 28.4. The number of carbonyl (C=O) groups excluding carboxylic acids is 8. The summed E-state index contributed by atoms with van der Waals surface area (Å²) < 4.78 is 94.7. The van der Waals surface area contributed by atoms with Crippen LogP contribution in [0.3, 0.4) is 0 Å². The van der Waals surface area contributed by atoms with Gasteiger partial charge in [0.05, 0.1) is 136 Å². The van der Waals surface area contributed by atoms with E-state index in [1.165, 1.54) is 42.0 Å². The van der Waals surface area contributed by atoms with Gasteiger partial charge in [-0.3, -0.25) is 57.7 Å². The number of ketones is 3. The zero-order chi connectivity index (χ0) is 90.4. The molecule has 41 heteroatoms. The molecule has 6 N–H and O–H groups in total. The monoisotopic (exact) mass is 1840 g/mol. The third-order valence-electron chi connectivity index (χ3n) is 21.2. The molecule has 0 spiro atoms. The number of aliphatic hydroxyl groups is 1. The maximum atomic E-state index is 14.2. The number of ether oxygens (including phenoxy) is 10. The number of methoxy groups -OCH3 is 1. The van der Waals surface area contributed by atoms with Crippen LogP contribution in [0.4, 0.5) is 16.4 Å². The molecule has 4 aliphatic rings. The van der Waals surface area contributed by atoms with Crippen LogP contribution in [0, 0.1) is 35.5 Å². The first-order chi connectivity index (χ1) is 61.2. The minimum atomic E-state index is -4.40. The molecular weight excluding hydrogens is 1730 g/mol. The van der Waals surface area contributed by atoms with Crippen molar-refractivity contribution < 1.29 is 118 Å². The summed E-state index contributed by atoms with van der Waals surface area (Å²) in [5, 5.41) is 19.8. The van der Waals surface area contributed by atoms with Crippen LogP contribution >= 0.6 is 25.8 Å². The number of aliphatic hydroxyl groups excluding tert-OH is 1. The van der Waals surface area contributed by atoms with E-state index in [0.29, 0.717) is 94.0 Å². The zero-order valence-electron chi connectivity index (χ0n) is 71.1. The van der Waals surface area contributed by atoms with Gasteiger partial charge in [-0.15, -0.1) is 0 Å². The number of Topliss-reactive ketones (excluding diaryl/α,β-unsaturated/α-hetero) is 3. The van der Waals surface area contributed by atoms with Crippen molar-refractivity contribution in [3.63, 3.8) is 0 Å². The highest BCUT2D eigenvalue weighted by Crippen LogP contribution is 2.59. The van der Waals surface area contributed by atoms with Crippen molar-refractivity contribution in [1.82, 2.24) is 45.0 Å². The van der Waals surface area contributed by atoms with E-state index >= 15 is 0 Å². The van der Waals surface area contributed by atoms with Gasteiger partial charge in [-0.2, -0.15) is 4.98 Å². The Hall–Kier alpha value is -9.50. The Balaban J connectivity index is 0.633. The number of hydrogen-bond acceptors (Lipinski definition) is 30. The smallest absolute Gasteiger partial charge is 0.410 e. The Bertz CT molecular complexity index is 5120. The largest absolute Gasteiger partial charge is 0.474 e. The lowest BCUT2D eigenvalue weighted by atomic mass is 9.85. The van der Waals surface area contributed by atoms with Gasteiger partial charge in [0.15, 0.2) is 23.2 Å². The highest BCUT2D eigenvalue weighted by Gasteiger charge is 2.51. The van der Waals surface area contributed by atoms with Crippen molar-refractivity contribution in [2.45, 2.75) is 135 Å². The molecule has 1 aliphatic carbocycles. The van der Waals surface area contributed by atoms with Gasteiger partial charge < -0.3 is 91.4 Å². The van der Waals surface area contributed by atoms with Gasteiger partial charge in [0, 0.05) is 113 Å². The Morgan fingerprint density at radius 3 is 2.07 bits per heavy atom. The first-order valence-electron chi connectivity index (χ1n) is 41.7. The van der Waals surface area contributed by atoms with E-state index in [0.717, 1.165) is 17.5 Å². The predicted molar refractivity (Wildman–Crippen MR) is 466 cm³/mol. The van der Waals surface area contributed by atoms with Gasteiger partial charge in [-0.05, 0) is 77.6 Å². The topological polar surface area (TPSA) is 455 Å². The van der Waals surface area contributed by atoms with Crippen LogP contribution in [0.25, 0.3) is 11.2 Å². The molecule has 2 unspecified atom stereocenters. The van der Waals surface area contributed by atoms with E-state index in [1.54, 1.807) is 86.5 Å². The van der Waals surface area contributed by atoms with Crippen LogP contribution in [0.5, 0.6) is 5.88 Å². The third kappa shape index (κ3) is 29.8. The SMILES string of the molecule is COCCOCCOCCOCCOCCOCCOCCNC(=O)[C@@H](CC(=O)CCC(=O)N1Cc2ccccc2C#Cc2ccccc21)CC(=O)C[C@H](C(=O)N[C@@H](C)C(=O)Cc1ccc(COC(=O)N(C)Cc2ccccc2C(=O)Nc2nc3c(ncn3[C@@H]3O[C@@H]4COP(O)(=S)O[C@H]5C[C@H](Oc6ccncn6)C[C@@H]5COP(=O)(S)O[C@@H]3[C@@H]4O)c(=O)[nH]2)cc1)C(C)C. The lowest BCUT2D eigenvalue weighted by Gasteiger charge is -2.27. The first-order valence-corrected chi connectivity index (χ1v) is 47.0. The number of H-pyrrole nitrogens is 1. The molecular formula is C86H107N11O26P2S2. The Kier molecular flexibility index (Phi) is 37.7. The van der Waals surface area contributed by atoms with Crippen LogP contribution in [0.15, 0.2) is 127 Å². The third-order valence-corrected chi connectivity index (χ3v) is 24.4. The molecule has 1 saturated carbocycles. The number of amides is 5. The van der Waals surface area contributed by atoms with E-state index in [1.807, 2.05) is 36.4 Å². The number of aromatic nitrogens is 6. The summed E-state index contributed by atoms with van der Waals surface area (Å²) in [5.41, 5.74) is 3.19. The van der Waals surface area contributed by atoms with Crippen LogP contribution in [0.2, 0.25) is 0 Å². The number of aromatic amines is 1. The number of hydrogen-bond donors (Lipinski definition) is 7. The molecule has 37 nitrogen and oxygen atoms in total. The van der Waals surface area contributed by atoms with Gasteiger partial charge in [-0.25, -0.2) is 24.3 Å². The maximum absolute atomic E-state index is 14.2. The number of thiol groups is 1. The highest BCUT2D eigenvalue weighted by molar-refractivity contribution is 8.44. The second-order valence-corrected chi connectivity index (χ2v) is 36.5. The van der Waals surface area contributed by atoms with Gasteiger partial charge in [-0.1, -0.05) is 111 Å². The van der Waals surface area contributed by atoms with Crippen molar-refractivity contribution in [3.05, 3.63) is 171 Å². The summed E-state index contributed by atoms with van der Waals surface area (Å²) in [5.74, 6) is -0.257. The number of anilines is 2. The predicted octanol–water partition coefficient (Wildman–Crippen LogP) is 7.52. The molecule has 3 aliphatic heterocycles. The summed E-state index contributed by atoms with van der Waals surface area (Å²) in [7, 11) is 3.07. The molecule has 11 rings (SSSR count). The van der Waals surface area contributed by atoms with E-state index < -0.39 is 134 Å². The van der Waals surface area contributed by atoms with Gasteiger partial charge in [0.2, 0.25) is 29.5 Å². The minimum Gasteiger partial charge on any atom is -0.474 e. The fraction of sp³-hybridized carbons (Fsp3) is 0.500. The van der Waals surface area contributed by atoms with Crippen LogP contribution in [0.1, 0.15) is 116 Å². The van der Waals surface area contributed by atoms with Crippen molar-refractivity contribution in [2.24, 2.45) is 23.7 Å². The molecule has 2 saturated heterocycles. The number of rotatable bonds is 46. The second kappa shape index (κ2) is 48.8. The van der Waals surface area contributed by atoms with Gasteiger partial charge in [0.1, 0.15) is 48.9 Å². The number of benzene rings is 4. The van der Waals surface area contributed by atoms with Crippen LogP contribution < -0.4 is 31.1 Å². The van der Waals surface area contributed by atoms with Crippen molar-refractivity contribution >= 4 is 107 Å². The molecule has 2 bridgehead atoms. The van der Waals surface area contributed by atoms with Crippen LogP contribution in [-0.4, -0.2) is 248 Å². The molecule has 6 heterocycles. The summed E-state index contributed by atoms with van der Waals surface area (Å²) in [4.78, 5) is 159. The Morgan fingerprint density at radius 1 is 0.732 bits per heavy atom. The average Bonchev–Trinajstić information content (AvgIpc) is 1.61. The number of carbonyl (C=O) groups is 8. The first kappa shape index (κ1) is 98.1. The van der Waals surface area contributed by atoms with E-state index in [-0.39, 0.29) is 138 Å². The molecule has 3 aromatic heterocycles. The van der Waals surface area contributed by atoms with E-state index in [2.05, 4.69) is 65.0 Å². The number of fused-ring (bicyclic) bond motifs is 6. The quantitative estimate of drug-likeness (QED) is 0.00839. The number of para-hydroxylation sites is 1.